The van der Waals surface area contributed by atoms with Gasteiger partial charge in [0.1, 0.15) is 5.82 Å². The monoisotopic (exact) mass is 255 g/mol. The molecule has 0 radical (unpaired) electrons. The SMILES string of the molecule is CC1CCCC(N)(Cc2ccc(F)c(Cl)c2)C1. The molecule has 1 aromatic rings. The minimum absolute atomic E-state index is 0.140. The molecule has 0 heterocycles. The average Bonchev–Trinajstić information content (AvgIpc) is 2.22. The number of rotatable bonds is 2. The minimum atomic E-state index is -0.362. The lowest BCUT2D eigenvalue weighted by Crippen LogP contribution is -2.45. The Morgan fingerprint density at radius 2 is 2.29 bits per heavy atom. The summed E-state index contributed by atoms with van der Waals surface area (Å²) in [4.78, 5) is 0. The van der Waals surface area contributed by atoms with Gasteiger partial charge in [0, 0.05) is 5.54 Å². The van der Waals surface area contributed by atoms with E-state index in [0.717, 1.165) is 24.8 Å². The van der Waals surface area contributed by atoms with Gasteiger partial charge >= 0.3 is 0 Å². The molecule has 0 saturated heterocycles. The fourth-order valence-electron chi connectivity index (χ4n) is 2.92. The number of nitrogens with two attached hydrogens (primary N) is 1. The van der Waals surface area contributed by atoms with Crippen molar-refractivity contribution in [3.05, 3.63) is 34.6 Å². The summed E-state index contributed by atoms with van der Waals surface area (Å²) in [6.45, 7) is 2.25. The summed E-state index contributed by atoms with van der Waals surface area (Å²) >= 11 is 5.79. The second-order valence-corrected chi connectivity index (χ2v) is 5.90. The Bertz CT molecular complexity index is 407. The van der Waals surface area contributed by atoms with Gasteiger partial charge in [0.15, 0.2) is 0 Å². The predicted octanol–water partition coefficient (Wildman–Crippen LogP) is 3.93. The fourth-order valence-corrected chi connectivity index (χ4v) is 3.12. The molecule has 0 aliphatic heterocycles. The third kappa shape index (κ3) is 3.20. The highest BCUT2D eigenvalue weighted by molar-refractivity contribution is 6.30. The molecule has 0 spiro atoms. The fraction of sp³-hybridized carbons (Fsp3) is 0.571. The first kappa shape index (κ1) is 12.8. The maximum absolute atomic E-state index is 13.1. The molecule has 0 bridgehead atoms. The Kier molecular flexibility index (Phi) is 3.74. The second kappa shape index (κ2) is 4.95. The van der Waals surface area contributed by atoms with E-state index in [0.29, 0.717) is 5.92 Å². The maximum atomic E-state index is 13.1. The van der Waals surface area contributed by atoms with Gasteiger partial charge in [-0.2, -0.15) is 0 Å². The molecule has 0 amide bonds. The summed E-state index contributed by atoms with van der Waals surface area (Å²) in [6.07, 6.45) is 5.33. The molecule has 94 valence electrons. The lowest BCUT2D eigenvalue weighted by molar-refractivity contribution is 0.235. The Hall–Kier alpha value is -0.600. The Morgan fingerprint density at radius 1 is 1.53 bits per heavy atom. The predicted molar refractivity (Wildman–Crippen MR) is 69.7 cm³/mol. The molecule has 2 atom stereocenters. The molecule has 1 aliphatic rings. The van der Waals surface area contributed by atoms with Crippen molar-refractivity contribution in [1.29, 1.82) is 0 Å². The number of halogens is 2. The Morgan fingerprint density at radius 3 is 2.94 bits per heavy atom. The topological polar surface area (TPSA) is 26.0 Å². The molecule has 17 heavy (non-hydrogen) atoms. The zero-order valence-corrected chi connectivity index (χ0v) is 10.9. The Labute approximate surface area is 107 Å². The van der Waals surface area contributed by atoms with Crippen LogP contribution in [0.2, 0.25) is 5.02 Å². The molecule has 1 fully saturated rings. The van der Waals surface area contributed by atoms with Crippen LogP contribution in [0.1, 0.15) is 38.2 Å². The van der Waals surface area contributed by atoms with Crippen molar-refractivity contribution in [3.8, 4) is 0 Å². The molecular formula is C14H19ClFN. The first-order valence-corrected chi connectivity index (χ1v) is 6.59. The first-order valence-electron chi connectivity index (χ1n) is 6.21. The molecular weight excluding hydrogens is 237 g/mol. The lowest BCUT2D eigenvalue weighted by Gasteiger charge is -2.37. The normalized spacial score (nSPS) is 29.3. The van der Waals surface area contributed by atoms with Crippen molar-refractivity contribution in [3.63, 3.8) is 0 Å². The first-order chi connectivity index (χ1) is 7.98. The maximum Gasteiger partial charge on any atom is 0.141 e. The van der Waals surface area contributed by atoms with Crippen molar-refractivity contribution in [2.75, 3.05) is 0 Å². The van der Waals surface area contributed by atoms with E-state index in [9.17, 15) is 4.39 Å². The zero-order valence-electron chi connectivity index (χ0n) is 10.2. The summed E-state index contributed by atoms with van der Waals surface area (Å²) in [7, 11) is 0. The van der Waals surface area contributed by atoms with Crippen LogP contribution in [0.4, 0.5) is 4.39 Å². The summed E-state index contributed by atoms with van der Waals surface area (Å²) in [5.74, 6) is 0.322. The number of hydrogen-bond donors (Lipinski definition) is 1. The van der Waals surface area contributed by atoms with Crippen molar-refractivity contribution in [1.82, 2.24) is 0 Å². The Balaban J connectivity index is 2.11. The highest BCUT2D eigenvalue weighted by Crippen LogP contribution is 2.33. The zero-order chi connectivity index (χ0) is 12.5. The third-order valence-corrected chi connectivity index (χ3v) is 3.96. The van der Waals surface area contributed by atoms with E-state index in [4.69, 9.17) is 17.3 Å². The molecule has 2 N–H and O–H groups in total. The third-order valence-electron chi connectivity index (χ3n) is 3.67. The van der Waals surface area contributed by atoms with Crippen LogP contribution in [0.15, 0.2) is 18.2 Å². The van der Waals surface area contributed by atoms with Gasteiger partial charge in [-0.3, -0.25) is 0 Å². The van der Waals surface area contributed by atoms with Crippen LogP contribution in [0, 0.1) is 11.7 Å². The van der Waals surface area contributed by atoms with Crippen LogP contribution in [0.5, 0.6) is 0 Å². The standard InChI is InChI=1S/C14H19ClFN/c1-10-3-2-6-14(17,8-10)9-11-4-5-13(16)12(15)7-11/h4-5,7,10H,2-3,6,8-9,17H2,1H3. The van der Waals surface area contributed by atoms with Crippen LogP contribution in [-0.2, 0) is 6.42 Å². The summed E-state index contributed by atoms with van der Waals surface area (Å²) < 4.78 is 13.1. The van der Waals surface area contributed by atoms with Crippen molar-refractivity contribution >= 4 is 11.6 Å². The minimum Gasteiger partial charge on any atom is -0.325 e. The molecule has 2 rings (SSSR count). The molecule has 1 aliphatic carbocycles. The molecule has 0 aromatic heterocycles. The lowest BCUT2D eigenvalue weighted by atomic mass is 9.74. The van der Waals surface area contributed by atoms with E-state index >= 15 is 0 Å². The van der Waals surface area contributed by atoms with Crippen molar-refractivity contribution in [2.24, 2.45) is 11.7 Å². The summed E-state index contributed by atoms with van der Waals surface area (Å²) in [5.41, 5.74) is 7.33. The van der Waals surface area contributed by atoms with E-state index in [1.165, 1.54) is 18.9 Å². The van der Waals surface area contributed by atoms with Gasteiger partial charge in [-0.25, -0.2) is 4.39 Å². The smallest absolute Gasteiger partial charge is 0.141 e. The van der Waals surface area contributed by atoms with Crippen molar-refractivity contribution < 1.29 is 4.39 Å². The summed E-state index contributed by atoms with van der Waals surface area (Å²) in [5, 5.41) is 0.190. The van der Waals surface area contributed by atoms with E-state index < -0.39 is 0 Å². The van der Waals surface area contributed by atoms with Gasteiger partial charge in [-0.05, 0) is 42.9 Å². The average molecular weight is 256 g/mol. The van der Waals surface area contributed by atoms with Gasteiger partial charge in [0.2, 0.25) is 0 Å². The van der Waals surface area contributed by atoms with Gasteiger partial charge in [0.25, 0.3) is 0 Å². The van der Waals surface area contributed by atoms with Crippen LogP contribution >= 0.6 is 11.6 Å². The quantitative estimate of drug-likeness (QED) is 0.851. The summed E-state index contributed by atoms with van der Waals surface area (Å²) in [6, 6.07) is 4.91. The molecule has 3 heteroatoms. The van der Waals surface area contributed by atoms with Gasteiger partial charge < -0.3 is 5.73 Å². The second-order valence-electron chi connectivity index (χ2n) is 5.49. The number of benzene rings is 1. The highest BCUT2D eigenvalue weighted by Gasteiger charge is 2.31. The van der Waals surface area contributed by atoms with E-state index in [1.807, 2.05) is 0 Å². The highest BCUT2D eigenvalue weighted by atomic mass is 35.5. The molecule has 2 unspecified atom stereocenters. The van der Waals surface area contributed by atoms with Gasteiger partial charge in [0.05, 0.1) is 5.02 Å². The largest absolute Gasteiger partial charge is 0.325 e. The molecule has 1 nitrogen and oxygen atoms in total. The van der Waals surface area contributed by atoms with Gasteiger partial charge in [-0.1, -0.05) is 37.4 Å². The number of hydrogen-bond acceptors (Lipinski definition) is 1. The molecule has 1 saturated carbocycles. The van der Waals surface area contributed by atoms with Crippen LogP contribution in [0.3, 0.4) is 0 Å². The van der Waals surface area contributed by atoms with Gasteiger partial charge in [-0.15, -0.1) is 0 Å². The van der Waals surface area contributed by atoms with Crippen molar-refractivity contribution in [2.45, 2.75) is 44.6 Å². The van der Waals surface area contributed by atoms with Crippen LogP contribution < -0.4 is 5.73 Å². The molecule has 1 aromatic carbocycles. The van der Waals surface area contributed by atoms with E-state index in [-0.39, 0.29) is 16.4 Å². The van der Waals surface area contributed by atoms with Crippen LogP contribution in [-0.4, -0.2) is 5.54 Å². The van der Waals surface area contributed by atoms with E-state index in [2.05, 4.69) is 6.92 Å². The van der Waals surface area contributed by atoms with Crippen LogP contribution in [0.25, 0.3) is 0 Å². The van der Waals surface area contributed by atoms with E-state index in [1.54, 1.807) is 12.1 Å².